The van der Waals surface area contributed by atoms with Crippen LogP contribution in [0.3, 0.4) is 0 Å². The number of rotatable bonds is 5. The van der Waals surface area contributed by atoms with Crippen molar-refractivity contribution in [3.8, 4) is 5.75 Å². The zero-order valence-corrected chi connectivity index (χ0v) is 10.6. The molecule has 0 aliphatic carbocycles. The molecule has 0 aromatic heterocycles. The molecule has 0 unspecified atom stereocenters. The van der Waals surface area contributed by atoms with E-state index in [1.807, 2.05) is 0 Å². The second kappa shape index (κ2) is 6.33. The molecule has 1 rings (SSSR count). The van der Waals surface area contributed by atoms with Crippen LogP contribution in [-0.4, -0.2) is 19.2 Å². The summed E-state index contributed by atoms with van der Waals surface area (Å²) in [7, 11) is 0. The lowest BCUT2D eigenvalue weighted by molar-refractivity contribution is 0.0526. The molecule has 1 aromatic rings. The summed E-state index contributed by atoms with van der Waals surface area (Å²) in [5, 5.41) is 0. The zero-order valence-electron chi connectivity index (χ0n) is 9.03. The monoisotopic (exact) mass is 284 g/mol. The standard InChI is InChI=1S/C12H13BrO3/c1-3-7-16-11-6-5-9(8-10(11)13)12(14)15-4-2/h3,5-6,8H,1,4,7H2,2H3. The minimum Gasteiger partial charge on any atom is -0.488 e. The first-order chi connectivity index (χ1) is 7.69. The number of benzene rings is 1. The largest absolute Gasteiger partial charge is 0.488 e. The van der Waals surface area contributed by atoms with Crippen LogP contribution in [-0.2, 0) is 4.74 Å². The fourth-order valence-electron chi connectivity index (χ4n) is 1.11. The van der Waals surface area contributed by atoms with Crippen LogP contribution in [0.15, 0.2) is 35.3 Å². The molecule has 0 atom stereocenters. The van der Waals surface area contributed by atoms with Gasteiger partial charge in [-0.3, -0.25) is 0 Å². The third-order valence-corrected chi connectivity index (χ3v) is 2.42. The third-order valence-electron chi connectivity index (χ3n) is 1.80. The number of carbonyl (C=O) groups is 1. The van der Waals surface area contributed by atoms with Crippen LogP contribution in [0.1, 0.15) is 17.3 Å². The number of esters is 1. The Balaban J connectivity index is 2.81. The summed E-state index contributed by atoms with van der Waals surface area (Å²) >= 11 is 3.33. The van der Waals surface area contributed by atoms with E-state index >= 15 is 0 Å². The van der Waals surface area contributed by atoms with Gasteiger partial charge in [-0.1, -0.05) is 12.7 Å². The maximum atomic E-state index is 11.4. The second-order valence-corrected chi connectivity index (χ2v) is 3.82. The van der Waals surface area contributed by atoms with Gasteiger partial charge in [0, 0.05) is 0 Å². The highest BCUT2D eigenvalue weighted by atomic mass is 79.9. The first-order valence-corrected chi connectivity index (χ1v) is 5.68. The molecule has 0 saturated carbocycles. The van der Waals surface area contributed by atoms with Gasteiger partial charge in [0.15, 0.2) is 0 Å². The van der Waals surface area contributed by atoms with Crippen molar-refractivity contribution < 1.29 is 14.3 Å². The highest BCUT2D eigenvalue weighted by Gasteiger charge is 2.09. The van der Waals surface area contributed by atoms with Gasteiger partial charge >= 0.3 is 5.97 Å². The minimum absolute atomic E-state index is 0.335. The van der Waals surface area contributed by atoms with E-state index in [0.717, 1.165) is 4.47 Å². The van der Waals surface area contributed by atoms with E-state index in [-0.39, 0.29) is 5.97 Å². The molecular formula is C12H13BrO3. The quantitative estimate of drug-likeness (QED) is 0.615. The average molecular weight is 285 g/mol. The van der Waals surface area contributed by atoms with Gasteiger partial charge in [0.25, 0.3) is 0 Å². The normalized spacial score (nSPS) is 9.62. The molecule has 0 radical (unpaired) electrons. The number of halogens is 1. The van der Waals surface area contributed by atoms with Crippen LogP contribution in [0.4, 0.5) is 0 Å². The van der Waals surface area contributed by atoms with Crippen LogP contribution < -0.4 is 4.74 Å². The first-order valence-electron chi connectivity index (χ1n) is 4.89. The number of ether oxygens (including phenoxy) is 2. The van der Waals surface area contributed by atoms with E-state index in [1.54, 1.807) is 31.2 Å². The maximum Gasteiger partial charge on any atom is 0.338 e. The topological polar surface area (TPSA) is 35.5 Å². The van der Waals surface area contributed by atoms with Crippen molar-refractivity contribution in [2.24, 2.45) is 0 Å². The van der Waals surface area contributed by atoms with Gasteiger partial charge in [0.1, 0.15) is 12.4 Å². The summed E-state index contributed by atoms with van der Waals surface area (Å²) < 4.78 is 11.0. The molecule has 0 N–H and O–H groups in total. The second-order valence-electron chi connectivity index (χ2n) is 2.97. The lowest BCUT2D eigenvalue weighted by Crippen LogP contribution is -2.04. The molecule has 16 heavy (non-hydrogen) atoms. The Morgan fingerprint density at radius 2 is 2.31 bits per heavy atom. The number of hydrogen-bond donors (Lipinski definition) is 0. The Bertz CT molecular complexity index is 388. The number of hydrogen-bond acceptors (Lipinski definition) is 3. The smallest absolute Gasteiger partial charge is 0.338 e. The van der Waals surface area contributed by atoms with E-state index in [1.165, 1.54) is 0 Å². The van der Waals surface area contributed by atoms with E-state index in [0.29, 0.717) is 24.5 Å². The molecule has 0 aliphatic rings. The minimum atomic E-state index is -0.335. The zero-order chi connectivity index (χ0) is 12.0. The lowest BCUT2D eigenvalue weighted by atomic mass is 10.2. The van der Waals surface area contributed by atoms with Gasteiger partial charge in [-0.15, -0.1) is 0 Å². The summed E-state index contributed by atoms with van der Waals surface area (Å²) in [6.07, 6.45) is 1.66. The van der Waals surface area contributed by atoms with Crippen molar-refractivity contribution in [2.75, 3.05) is 13.2 Å². The Morgan fingerprint density at radius 3 is 2.88 bits per heavy atom. The molecule has 0 aliphatic heterocycles. The molecule has 1 aromatic carbocycles. The van der Waals surface area contributed by atoms with Crippen molar-refractivity contribution in [3.05, 3.63) is 40.9 Å². The van der Waals surface area contributed by atoms with E-state index < -0.39 is 0 Å². The Morgan fingerprint density at radius 1 is 1.56 bits per heavy atom. The summed E-state index contributed by atoms with van der Waals surface area (Å²) in [5.41, 5.74) is 0.500. The SMILES string of the molecule is C=CCOc1ccc(C(=O)OCC)cc1Br. The van der Waals surface area contributed by atoms with E-state index in [2.05, 4.69) is 22.5 Å². The van der Waals surface area contributed by atoms with Gasteiger partial charge in [-0.2, -0.15) is 0 Å². The van der Waals surface area contributed by atoms with Crippen LogP contribution in [0, 0.1) is 0 Å². The molecule has 0 heterocycles. The van der Waals surface area contributed by atoms with Crippen LogP contribution in [0.5, 0.6) is 5.75 Å². The van der Waals surface area contributed by atoms with E-state index in [4.69, 9.17) is 9.47 Å². The predicted octanol–water partition coefficient (Wildman–Crippen LogP) is 3.19. The summed E-state index contributed by atoms with van der Waals surface area (Å²) in [4.78, 5) is 11.4. The highest BCUT2D eigenvalue weighted by Crippen LogP contribution is 2.26. The molecule has 0 bridgehead atoms. The van der Waals surface area contributed by atoms with Gasteiger partial charge in [0.05, 0.1) is 16.6 Å². The van der Waals surface area contributed by atoms with Crippen molar-refractivity contribution in [3.63, 3.8) is 0 Å². The van der Waals surface area contributed by atoms with Crippen LogP contribution in [0.25, 0.3) is 0 Å². The van der Waals surface area contributed by atoms with Crippen molar-refractivity contribution in [1.29, 1.82) is 0 Å². The summed E-state index contributed by atoms with van der Waals surface area (Å²) in [6.45, 7) is 6.13. The van der Waals surface area contributed by atoms with Gasteiger partial charge in [0.2, 0.25) is 0 Å². The molecule has 0 fully saturated rings. The Labute approximate surface area is 103 Å². The van der Waals surface area contributed by atoms with Crippen molar-refractivity contribution in [2.45, 2.75) is 6.92 Å². The molecule has 0 spiro atoms. The molecular weight excluding hydrogens is 272 g/mol. The van der Waals surface area contributed by atoms with Gasteiger partial charge in [-0.25, -0.2) is 4.79 Å². The van der Waals surface area contributed by atoms with E-state index in [9.17, 15) is 4.79 Å². The molecule has 0 saturated heterocycles. The molecule has 0 amide bonds. The molecule has 86 valence electrons. The van der Waals surface area contributed by atoms with Crippen molar-refractivity contribution >= 4 is 21.9 Å². The molecule has 3 nitrogen and oxygen atoms in total. The van der Waals surface area contributed by atoms with Gasteiger partial charge in [-0.05, 0) is 41.1 Å². The lowest BCUT2D eigenvalue weighted by Gasteiger charge is -2.07. The van der Waals surface area contributed by atoms with Crippen LogP contribution in [0.2, 0.25) is 0 Å². The predicted molar refractivity (Wildman–Crippen MR) is 65.8 cm³/mol. The average Bonchev–Trinajstić information content (AvgIpc) is 2.27. The Hall–Kier alpha value is -1.29. The van der Waals surface area contributed by atoms with Crippen molar-refractivity contribution in [1.82, 2.24) is 0 Å². The summed E-state index contributed by atoms with van der Waals surface area (Å²) in [6, 6.07) is 5.07. The fraction of sp³-hybridized carbons (Fsp3) is 0.250. The van der Waals surface area contributed by atoms with Crippen LogP contribution >= 0.6 is 15.9 Å². The highest BCUT2D eigenvalue weighted by molar-refractivity contribution is 9.10. The summed E-state index contributed by atoms with van der Waals surface area (Å²) in [5.74, 6) is 0.339. The third kappa shape index (κ3) is 3.38. The molecule has 4 heteroatoms. The maximum absolute atomic E-state index is 11.4. The fourth-order valence-corrected chi connectivity index (χ4v) is 1.60. The first kappa shape index (κ1) is 12.8. The Kier molecular flexibility index (Phi) is 5.05. The number of carbonyl (C=O) groups excluding carboxylic acids is 1. The van der Waals surface area contributed by atoms with Gasteiger partial charge < -0.3 is 9.47 Å².